The van der Waals surface area contributed by atoms with Gasteiger partial charge in [0.2, 0.25) is 0 Å². The number of amides is 2. The number of unbranched alkanes of at least 4 members (excludes halogenated alkanes) is 1. The molecule has 46 heavy (non-hydrogen) atoms. The van der Waals surface area contributed by atoms with Gasteiger partial charge in [0.05, 0.1) is 0 Å². The highest BCUT2D eigenvalue weighted by atomic mass is 16.2. The monoisotopic (exact) mass is 619 g/mol. The minimum Gasteiger partial charge on any atom is -0.307 e. The Morgan fingerprint density at radius 1 is 0.935 bits per heavy atom. The predicted molar refractivity (Wildman–Crippen MR) is 193 cm³/mol. The molecule has 2 heterocycles. The lowest BCUT2D eigenvalue weighted by Gasteiger charge is -2.27. The lowest BCUT2D eigenvalue weighted by atomic mass is 9.92. The molecule has 0 saturated heterocycles. The number of H-pyrrole nitrogens is 1. The maximum Gasteiger partial charge on any atom is 0.326 e. The Bertz CT molecular complexity index is 1730. The summed E-state index contributed by atoms with van der Waals surface area (Å²) in [5.74, 6) is 7.06. The van der Waals surface area contributed by atoms with Gasteiger partial charge in [0.25, 0.3) is 5.56 Å². The molecule has 0 aliphatic heterocycles. The molecule has 0 fully saturated rings. The number of carbonyl (C=O) groups is 1. The van der Waals surface area contributed by atoms with Crippen LogP contribution >= 0.6 is 0 Å². The van der Waals surface area contributed by atoms with Crippen molar-refractivity contribution in [2.24, 2.45) is 0 Å². The molecule has 242 valence electrons. The Kier molecular flexibility index (Phi) is 12.2. The molecule has 0 unspecified atom stereocenters. The molecule has 7 heteroatoms. The predicted octanol–water partition coefficient (Wildman–Crippen LogP) is 8.76. The minimum atomic E-state index is -0.357. The normalized spacial score (nSPS) is 11.3. The van der Waals surface area contributed by atoms with Gasteiger partial charge in [0, 0.05) is 47.9 Å². The van der Waals surface area contributed by atoms with Crippen LogP contribution in [0.3, 0.4) is 0 Å². The van der Waals surface area contributed by atoms with Crippen LogP contribution in [0.1, 0.15) is 96.3 Å². The number of carbonyl (C=O) groups excluding carboxylic acids is 1. The van der Waals surface area contributed by atoms with Crippen molar-refractivity contribution in [2.45, 2.75) is 79.6 Å². The van der Waals surface area contributed by atoms with Crippen molar-refractivity contribution in [1.82, 2.24) is 14.9 Å². The summed E-state index contributed by atoms with van der Waals surface area (Å²) < 4.78 is 0. The summed E-state index contributed by atoms with van der Waals surface area (Å²) in [6.07, 6.45) is 4.04. The van der Waals surface area contributed by atoms with E-state index in [0.29, 0.717) is 23.4 Å². The molecule has 0 bridgehead atoms. The zero-order valence-electron chi connectivity index (χ0n) is 28.5. The van der Waals surface area contributed by atoms with Crippen LogP contribution in [0.5, 0.6) is 0 Å². The van der Waals surface area contributed by atoms with Gasteiger partial charge in [0.1, 0.15) is 11.3 Å². The molecule has 0 radical (unpaired) electrons. The Labute approximate surface area is 274 Å². The third-order valence-corrected chi connectivity index (χ3v) is 8.45. The van der Waals surface area contributed by atoms with Crippen molar-refractivity contribution in [3.8, 4) is 23.0 Å². The Morgan fingerprint density at radius 2 is 1.63 bits per heavy atom. The third kappa shape index (κ3) is 8.05. The number of aromatic nitrogens is 2. The number of nitrogens with zero attached hydrogens (tertiary/aromatic N) is 3. The van der Waals surface area contributed by atoms with E-state index >= 15 is 0 Å². The number of pyridine rings is 2. The standard InChI is InChI=1S/C39H49N5O2/c1-8-11-25-44(39(46)41-35-31(27(4)5)20-15-21-32(35)28(6)7)36-34(33-22-16-23-40-37(33)42-38(36)45)30-19-14-18-29(26-30)17-12-13-24-43(9-2)10-3/h14-16,18-23,26-28H,8-11,13,24-25H2,1-7H3,(H,41,46)(H,40,42,45). The molecule has 0 spiro atoms. The molecule has 0 saturated carbocycles. The van der Waals surface area contributed by atoms with Gasteiger partial charge in [-0.3, -0.25) is 9.69 Å². The van der Waals surface area contributed by atoms with Crippen molar-refractivity contribution >= 4 is 28.4 Å². The van der Waals surface area contributed by atoms with Gasteiger partial charge in [-0.2, -0.15) is 0 Å². The second kappa shape index (κ2) is 16.2. The molecule has 0 atom stereocenters. The molecule has 2 N–H and O–H groups in total. The van der Waals surface area contributed by atoms with Gasteiger partial charge in [-0.25, -0.2) is 9.78 Å². The van der Waals surface area contributed by atoms with Gasteiger partial charge >= 0.3 is 6.03 Å². The number of hydrogen-bond acceptors (Lipinski definition) is 4. The average Bonchev–Trinajstić information content (AvgIpc) is 3.05. The summed E-state index contributed by atoms with van der Waals surface area (Å²) in [5.41, 5.74) is 5.73. The number of nitrogens with one attached hydrogen (secondary N) is 2. The molecule has 4 rings (SSSR count). The van der Waals surface area contributed by atoms with E-state index in [9.17, 15) is 9.59 Å². The Hall–Kier alpha value is -4.41. The first-order valence-electron chi connectivity index (χ1n) is 16.7. The number of fused-ring (bicyclic) bond motifs is 1. The number of hydrogen-bond donors (Lipinski definition) is 2. The van der Waals surface area contributed by atoms with E-state index in [1.54, 1.807) is 11.1 Å². The van der Waals surface area contributed by atoms with Crippen LogP contribution in [-0.2, 0) is 0 Å². The summed E-state index contributed by atoms with van der Waals surface area (Å²) in [4.78, 5) is 39.8. The fraction of sp³-hybridized carbons (Fsp3) is 0.410. The summed E-state index contributed by atoms with van der Waals surface area (Å²) >= 11 is 0. The number of aromatic amines is 1. The Balaban J connectivity index is 1.86. The fourth-order valence-corrected chi connectivity index (χ4v) is 5.84. The van der Waals surface area contributed by atoms with Crippen LogP contribution in [0, 0.1) is 11.8 Å². The number of anilines is 2. The van der Waals surface area contributed by atoms with Gasteiger partial charge in [-0.1, -0.05) is 97.1 Å². The van der Waals surface area contributed by atoms with Crippen LogP contribution in [0.2, 0.25) is 0 Å². The molecular formula is C39H49N5O2. The van der Waals surface area contributed by atoms with Gasteiger partial charge in [-0.05, 0) is 72.3 Å². The van der Waals surface area contributed by atoms with E-state index < -0.39 is 0 Å². The first kappa shape index (κ1) is 34.5. The molecule has 7 nitrogen and oxygen atoms in total. The molecule has 4 aromatic rings. The summed E-state index contributed by atoms with van der Waals surface area (Å²) in [6.45, 7) is 18.2. The molecule has 2 amide bonds. The van der Waals surface area contributed by atoms with Gasteiger partial charge in [-0.15, -0.1) is 0 Å². The van der Waals surface area contributed by atoms with E-state index in [1.807, 2.05) is 42.5 Å². The zero-order valence-corrected chi connectivity index (χ0v) is 28.5. The highest BCUT2D eigenvalue weighted by molar-refractivity contribution is 6.09. The lowest BCUT2D eigenvalue weighted by molar-refractivity contribution is 0.256. The maximum absolute atomic E-state index is 14.4. The quantitative estimate of drug-likeness (QED) is 0.155. The van der Waals surface area contributed by atoms with Crippen LogP contribution in [0.25, 0.3) is 22.2 Å². The van der Waals surface area contributed by atoms with Crippen molar-refractivity contribution in [2.75, 3.05) is 36.4 Å². The average molecular weight is 620 g/mol. The number of urea groups is 1. The number of para-hydroxylation sites is 1. The van der Waals surface area contributed by atoms with Gasteiger partial charge in [0.15, 0.2) is 0 Å². The smallest absolute Gasteiger partial charge is 0.307 e. The number of rotatable bonds is 12. The summed E-state index contributed by atoms with van der Waals surface area (Å²) in [6, 6.07) is 17.6. The topological polar surface area (TPSA) is 81.3 Å². The zero-order chi connectivity index (χ0) is 33.2. The summed E-state index contributed by atoms with van der Waals surface area (Å²) in [5, 5.41) is 4.03. The van der Waals surface area contributed by atoms with E-state index in [-0.39, 0.29) is 23.4 Å². The van der Waals surface area contributed by atoms with E-state index in [1.165, 1.54) is 0 Å². The molecule has 2 aromatic carbocycles. The highest BCUT2D eigenvalue weighted by Crippen LogP contribution is 2.36. The van der Waals surface area contributed by atoms with Crippen molar-refractivity contribution in [3.05, 3.63) is 87.8 Å². The second-order valence-electron chi connectivity index (χ2n) is 12.3. The first-order valence-corrected chi connectivity index (χ1v) is 16.7. The maximum atomic E-state index is 14.4. The van der Waals surface area contributed by atoms with Gasteiger partial charge < -0.3 is 15.2 Å². The van der Waals surface area contributed by atoms with Crippen LogP contribution in [-0.4, -0.2) is 47.1 Å². The molecule has 2 aromatic heterocycles. The Morgan fingerprint density at radius 3 is 2.28 bits per heavy atom. The van der Waals surface area contributed by atoms with Crippen molar-refractivity contribution in [3.63, 3.8) is 0 Å². The minimum absolute atomic E-state index is 0.208. The number of benzene rings is 2. The molecule has 0 aliphatic rings. The van der Waals surface area contributed by atoms with E-state index in [2.05, 4.69) is 92.6 Å². The van der Waals surface area contributed by atoms with E-state index in [0.717, 1.165) is 72.2 Å². The first-order chi connectivity index (χ1) is 22.2. The molecular weight excluding hydrogens is 570 g/mol. The van der Waals surface area contributed by atoms with E-state index in [4.69, 9.17) is 0 Å². The van der Waals surface area contributed by atoms with Crippen LogP contribution in [0.15, 0.2) is 65.6 Å². The second-order valence-corrected chi connectivity index (χ2v) is 12.3. The largest absolute Gasteiger partial charge is 0.326 e. The summed E-state index contributed by atoms with van der Waals surface area (Å²) in [7, 11) is 0. The van der Waals surface area contributed by atoms with Crippen LogP contribution in [0.4, 0.5) is 16.2 Å². The lowest BCUT2D eigenvalue weighted by Crippen LogP contribution is -2.40. The SMILES string of the molecule is CCCCN(C(=O)Nc1c(C(C)C)cccc1C(C)C)c1c(-c2cccc(C#CCCN(CC)CC)c2)c2cccnc2[nH]c1=O. The van der Waals surface area contributed by atoms with Crippen molar-refractivity contribution in [1.29, 1.82) is 0 Å². The fourth-order valence-electron chi connectivity index (χ4n) is 5.84. The third-order valence-electron chi connectivity index (χ3n) is 8.45. The highest BCUT2D eigenvalue weighted by Gasteiger charge is 2.27. The molecule has 0 aliphatic carbocycles. The van der Waals surface area contributed by atoms with Crippen molar-refractivity contribution < 1.29 is 4.79 Å². The van der Waals surface area contributed by atoms with Crippen LogP contribution < -0.4 is 15.8 Å².